The van der Waals surface area contributed by atoms with Crippen molar-refractivity contribution in [3.05, 3.63) is 0 Å². The number of amides is 1. The van der Waals surface area contributed by atoms with Crippen LogP contribution in [0, 0.1) is 5.92 Å². The minimum Gasteiger partial charge on any atom is -0.480 e. The summed E-state index contributed by atoms with van der Waals surface area (Å²) in [5, 5.41) is 8.85. The molecular weight excluding hydrogens is 264 g/mol. The van der Waals surface area contributed by atoms with E-state index < -0.39 is 28.3 Å². The van der Waals surface area contributed by atoms with Gasteiger partial charge in [-0.1, -0.05) is 13.8 Å². The predicted molar refractivity (Wildman–Crippen MR) is 63.1 cm³/mol. The molecule has 0 aromatic rings. The highest BCUT2D eigenvalue weighted by atomic mass is 32.2. The van der Waals surface area contributed by atoms with E-state index in [0.29, 0.717) is 0 Å². The summed E-state index contributed by atoms with van der Waals surface area (Å²) in [6.07, 6.45) is -1.04. The molecule has 0 radical (unpaired) electrons. The molecule has 0 aromatic carbocycles. The van der Waals surface area contributed by atoms with Gasteiger partial charge in [0.25, 0.3) is 0 Å². The first kappa shape index (κ1) is 16.6. The van der Waals surface area contributed by atoms with Crippen molar-refractivity contribution < 1.29 is 27.9 Å². The summed E-state index contributed by atoms with van der Waals surface area (Å²) in [5.74, 6) is -1.32. The fourth-order valence-electron chi connectivity index (χ4n) is 1.16. The lowest BCUT2D eigenvalue weighted by Crippen LogP contribution is -2.48. The van der Waals surface area contributed by atoms with Crippen molar-refractivity contribution in [3.8, 4) is 0 Å². The third kappa shape index (κ3) is 7.07. The number of ether oxygens (including phenoxy) is 1. The molecule has 0 aliphatic carbocycles. The Balaban J connectivity index is 4.61. The second kappa shape index (κ2) is 7.17. The van der Waals surface area contributed by atoms with Crippen LogP contribution in [-0.4, -0.2) is 38.2 Å². The van der Waals surface area contributed by atoms with Gasteiger partial charge in [-0.05, 0) is 19.3 Å². The largest absolute Gasteiger partial charge is 0.480 e. The van der Waals surface area contributed by atoms with Gasteiger partial charge in [0.1, 0.15) is 6.04 Å². The zero-order valence-corrected chi connectivity index (χ0v) is 11.3. The zero-order chi connectivity index (χ0) is 14.3. The van der Waals surface area contributed by atoms with E-state index in [1.807, 2.05) is 4.72 Å². The van der Waals surface area contributed by atoms with Crippen LogP contribution >= 0.6 is 0 Å². The van der Waals surface area contributed by atoms with Crippen LogP contribution in [0.1, 0.15) is 27.2 Å². The van der Waals surface area contributed by atoms with Crippen LogP contribution < -0.4 is 9.44 Å². The van der Waals surface area contributed by atoms with Gasteiger partial charge >= 0.3 is 22.3 Å². The highest BCUT2D eigenvalue weighted by Gasteiger charge is 2.26. The Labute approximate surface area is 106 Å². The maximum absolute atomic E-state index is 11.4. The topological polar surface area (TPSA) is 122 Å². The van der Waals surface area contributed by atoms with Crippen LogP contribution in [0.15, 0.2) is 0 Å². The number of aliphatic carboxylic acids is 1. The Hall–Kier alpha value is -1.35. The molecular formula is C9H18N2O6S. The van der Waals surface area contributed by atoms with Gasteiger partial charge in [-0.2, -0.15) is 13.1 Å². The Morgan fingerprint density at radius 3 is 2.28 bits per heavy atom. The van der Waals surface area contributed by atoms with Crippen molar-refractivity contribution in [1.82, 2.24) is 9.44 Å². The lowest BCUT2D eigenvalue weighted by atomic mass is 10.1. The Morgan fingerprint density at radius 1 is 1.33 bits per heavy atom. The number of carbonyl (C=O) groups excluding carboxylic acids is 1. The standard InChI is InChI=1S/C9H18N2O6S/c1-4-17-9(14)11-18(15,16)10-7(8(12)13)5-6(2)3/h6-7,10H,4-5H2,1-3H3,(H,11,14)(H,12,13)/t7-/m0/s1. The van der Waals surface area contributed by atoms with Gasteiger partial charge in [0.15, 0.2) is 0 Å². The molecule has 9 heteroatoms. The van der Waals surface area contributed by atoms with E-state index in [2.05, 4.69) is 4.74 Å². The van der Waals surface area contributed by atoms with Crippen molar-refractivity contribution >= 4 is 22.3 Å². The Morgan fingerprint density at radius 2 is 1.89 bits per heavy atom. The van der Waals surface area contributed by atoms with Crippen LogP contribution in [0.5, 0.6) is 0 Å². The smallest absolute Gasteiger partial charge is 0.421 e. The summed E-state index contributed by atoms with van der Waals surface area (Å²) in [4.78, 5) is 21.8. The van der Waals surface area contributed by atoms with E-state index >= 15 is 0 Å². The average molecular weight is 282 g/mol. The van der Waals surface area contributed by atoms with Crippen molar-refractivity contribution in [1.29, 1.82) is 0 Å². The van der Waals surface area contributed by atoms with Gasteiger partial charge in [-0.25, -0.2) is 9.52 Å². The summed E-state index contributed by atoms with van der Waals surface area (Å²) in [5.41, 5.74) is 0. The lowest BCUT2D eigenvalue weighted by molar-refractivity contribution is -0.139. The van der Waals surface area contributed by atoms with Crippen LogP contribution in [0.2, 0.25) is 0 Å². The summed E-state index contributed by atoms with van der Waals surface area (Å²) >= 11 is 0. The summed E-state index contributed by atoms with van der Waals surface area (Å²) in [6.45, 7) is 5.03. The number of carbonyl (C=O) groups is 2. The molecule has 0 fully saturated rings. The van der Waals surface area contributed by atoms with Gasteiger partial charge in [-0.3, -0.25) is 4.79 Å². The second-order valence-corrected chi connectivity index (χ2v) is 5.41. The predicted octanol–water partition coefficient (Wildman–Crippen LogP) is 0.0662. The van der Waals surface area contributed by atoms with E-state index in [4.69, 9.17) is 5.11 Å². The fourth-order valence-corrected chi connectivity index (χ4v) is 2.07. The molecule has 0 heterocycles. The SMILES string of the molecule is CCOC(=O)NS(=O)(=O)N[C@@H](CC(C)C)C(=O)O. The van der Waals surface area contributed by atoms with Crippen molar-refractivity contribution in [3.63, 3.8) is 0 Å². The zero-order valence-electron chi connectivity index (χ0n) is 10.5. The number of carboxylic acids is 1. The number of rotatable bonds is 7. The molecule has 0 aliphatic heterocycles. The number of carboxylic acid groups (broad SMARTS) is 1. The second-order valence-electron chi connectivity index (χ2n) is 3.96. The molecule has 3 N–H and O–H groups in total. The molecule has 8 nitrogen and oxygen atoms in total. The van der Waals surface area contributed by atoms with E-state index in [9.17, 15) is 18.0 Å². The van der Waals surface area contributed by atoms with E-state index in [0.717, 1.165) is 0 Å². The molecule has 0 spiro atoms. The van der Waals surface area contributed by atoms with E-state index in [-0.39, 0.29) is 18.9 Å². The monoisotopic (exact) mass is 282 g/mol. The molecule has 1 amide bonds. The molecule has 106 valence electrons. The highest BCUT2D eigenvalue weighted by molar-refractivity contribution is 7.88. The summed E-state index contributed by atoms with van der Waals surface area (Å²) in [7, 11) is -4.25. The average Bonchev–Trinajstić information content (AvgIpc) is 2.14. The van der Waals surface area contributed by atoms with E-state index in [1.54, 1.807) is 18.6 Å². The first-order valence-electron chi connectivity index (χ1n) is 5.37. The van der Waals surface area contributed by atoms with Crippen molar-refractivity contribution in [2.24, 2.45) is 5.92 Å². The third-order valence-corrected chi connectivity index (χ3v) is 2.83. The molecule has 0 saturated heterocycles. The molecule has 1 atom stereocenters. The molecule has 18 heavy (non-hydrogen) atoms. The van der Waals surface area contributed by atoms with Gasteiger partial charge in [0, 0.05) is 0 Å². The number of hydrogen-bond donors (Lipinski definition) is 3. The Bertz CT molecular complexity index is 392. The molecule has 0 unspecified atom stereocenters. The highest BCUT2D eigenvalue weighted by Crippen LogP contribution is 2.05. The minimum absolute atomic E-state index is 0.00963. The number of hydrogen-bond acceptors (Lipinski definition) is 5. The fraction of sp³-hybridized carbons (Fsp3) is 0.778. The quantitative estimate of drug-likeness (QED) is 0.607. The van der Waals surface area contributed by atoms with Crippen LogP contribution in [0.25, 0.3) is 0 Å². The molecule has 0 bridgehead atoms. The molecule has 0 aliphatic rings. The van der Waals surface area contributed by atoms with Gasteiger partial charge in [0.2, 0.25) is 0 Å². The van der Waals surface area contributed by atoms with Gasteiger partial charge in [0.05, 0.1) is 6.61 Å². The maximum atomic E-state index is 11.4. The minimum atomic E-state index is -4.25. The summed E-state index contributed by atoms with van der Waals surface area (Å²) < 4.78 is 30.7. The van der Waals surface area contributed by atoms with Crippen LogP contribution in [0.4, 0.5) is 4.79 Å². The Kier molecular flexibility index (Phi) is 6.63. The molecule has 0 rings (SSSR count). The first-order valence-corrected chi connectivity index (χ1v) is 6.86. The van der Waals surface area contributed by atoms with Crippen LogP contribution in [0.3, 0.4) is 0 Å². The van der Waals surface area contributed by atoms with Crippen LogP contribution in [-0.2, 0) is 19.7 Å². The van der Waals surface area contributed by atoms with Crippen molar-refractivity contribution in [2.75, 3.05) is 6.61 Å². The number of nitrogens with one attached hydrogen (secondary N) is 2. The normalized spacial score (nSPS) is 13.1. The molecule has 0 aromatic heterocycles. The van der Waals surface area contributed by atoms with Gasteiger partial charge < -0.3 is 9.84 Å². The third-order valence-electron chi connectivity index (χ3n) is 1.80. The summed E-state index contributed by atoms with van der Waals surface area (Å²) in [6, 6.07) is -1.29. The maximum Gasteiger partial charge on any atom is 0.421 e. The molecule has 0 saturated carbocycles. The van der Waals surface area contributed by atoms with Gasteiger partial charge in [-0.15, -0.1) is 0 Å². The first-order chi connectivity index (χ1) is 8.18. The van der Waals surface area contributed by atoms with E-state index in [1.165, 1.54) is 6.92 Å². The van der Waals surface area contributed by atoms with Crippen molar-refractivity contribution in [2.45, 2.75) is 33.2 Å². The lowest BCUT2D eigenvalue weighted by Gasteiger charge is -2.16.